The van der Waals surface area contributed by atoms with E-state index in [0.717, 1.165) is 11.3 Å². The number of carbonyl (C=O) groups excluding carboxylic acids is 1. The first-order valence-electron chi connectivity index (χ1n) is 7.05. The molecule has 0 saturated carbocycles. The molecule has 1 atom stereocenters. The Kier molecular flexibility index (Phi) is 5.85. The van der Waals surface area contributed by atoms with Gasteiger partial charge in [0.15, 0.2) is 0 Å². The number of aliphatic hydroxyl groups is 1. The number of ether oxygens (including phenoxy) is 1. The Labute approximate surface area is 129 Å². The molecule has 1 aromatic heterocycles. The van der Waals surface area contributed by atoms with E-state index in [2.05, 4.69) is 10.6 Å². The fourth-order valence-electron chi connectivity index (χ4n) is 1.93. The van der Waals surface area contributed by atoms with Gasteiger partial charge in [0.25, 0.3) is 0 Å². The summed E-state index contributed by atoms with van der Waals surface area (Å²) in [5.74, 6) is 1.28. The minimum Gasteiger partial charge on any atom is -0.497 e. The molecule has 0 spiro atoms. The summed E-state index contributed by atoms with van der Waals surface area (Å²) < 4.78 is 10.2. The molecule has 0 aliphatic heterocycles. The summed E-state index contributed by atoms with van der Waals surface area (Å²) in [6.07, 6.45) is 1.19. The van der Waals surface area contributed by atoms with Crippen LogP contribution in [0.5, 0.6) is 5.75 Å². The Morgan fingerprint density at radius 2 is 2.05 bits per heavy atom. The highest BCUT2D eigenvalue weighted by Crippen LogP contribution is 2.15. The van der Waals surface area contributed by atoms with Crippen molar-refractivity contribution < 1.29 is 19.1 Å². The van der Waals surface area contributed by atoms with Crippen LogP contribution < -0.4 is 15.4 Å². The van der Waals surface area contributed by atoms with Gasteiger partial charge in [-0.1, -0.05) is 12.1 Å². The molecule has 2 aromatic rings. The molecule has 1 unspecified atom stereocenters. The van der Waals surface area contributed by atoms with Crippen LogP contribution in [0.4, 0.5) is 4.79 Å². The van der Waals surface area contributed by atoms with Crippen molar-refractivity contribution in [3.8, 4) is 5.75 Å². The van der Waals surface area contributed by atoms with Crippen LogP contribution in [0.2, 0.25) is 0 Å². The lowest BCUT2D eigenvalue weighted by molar-refractivity contribution is 0.140. The highest BCUT2D eigenvalue weighted by Gasteiger charge is 2.10. The fraction of sp³-hybridized carbons (Fsp3) is 0.312. The first-order valence-corrected chi connectivity index (χ1v) is 7.05. The second-order valence-corrected chi connectivity index (χ2v) is 4.78. The Morgan fingerprint density at radius 3 is 2.68 bits per heavy atom. The summed E-state index contributed by atoms with van der Waals surface area (Å²) in [4.78, 5) is 11.7. The lowest BCUT2D eigenvalue weighted by Crippen LogP contribution is -2.36. The van der Waals surface area contributed by atoms with Crippen LogP contribution in [0.3, 0.4) is 0 Å². The summed E-state index contributed by atoms with van der Waals surface area (Å²) >= 11 is 0. The molecular formula is C16H20N2O4. The molecule has 3 N–H and O–H groups in total. The number of rotatable bonds is 7. The van der Waals surface area contributed by atoms with Gasteiger partial charge in [-0.15, -0.1) is 0 Å². The predicted octanol–water partition coefficient (Wildman–Crippen LogP) is 2.21. The summed E-state index contributed by atoms with van der Waals surface area (Å²) in [5.41, 5.74) is 0.978. The second kappa shape index (κ2) is 8.09. The van der Waals surface area contributed by atoms with Crippen LogP contribution in [-0.4, -0.2) is 24.8 Å². The molecule has 0 aliphatic rings. The van der Waals surface area contributed by atoms with E-state index in [4.69, 9.17) is 9.15 Å². The zero-order valence-electron chi connectivity index (χ0n) is 12.4. The van der Waals surface area contributed by atoms with E-state index in [-0.39, 0.29) is 6.03 Å². The van der Waals surface area contributed by atoms with E-state index in [1.165, 1.54) is 6.26 Å². The van der Waals surface area contributed by atoms with E-state index in [0.29, 0.717) is 25.3 Å². The molecule has 0 saturated heterocycles. The third-order valence-corrected chi connectivity index (χ3v) is 3.19. The quantitative estimate of drug-likeness (QED) is 0.732. The maximum absolute atomic E-state index is 11.7. The molecule has 6 heteroatoms. The number of methoxy groups -OCH3 is 1. The minimum atomic E-state index is -0.711. The van der Waals surface area contributed by atoms with Crippen LogP contribution in [0, 0.1) is 0 Å². The van der Waals surface area contributed by atoms with Crippen LogP contribution in [0.1, 0.15) is 23.8 Å². The number of furan rings is 1. The van der Waals surface area contributed by atoms with Gasteiger partial charge in [0.2, 0.25) is 0 Å². The normalized spacial score (nSPS) is 11.7. The molecular weight excluding hydrogens is 284 g/mol. The first-order chi connectivity index (χ1) is 10.7. The van der Waals surface area contributed by atoms with Crippen molar-refractivity contribution in [3.05, 3.63) is 54.0 Å². The van der Waals surface area contributed by atoms with Crippen molar-refractivity contribution in [3.63, 3.8) is 0 Å². The smallest absolute Gasteiger partial charge is 0.315 e. The number of benzene rings is 1. The highest BCUT2D eigenvalue weighted by atomic mass is 16.5. The molecule has 118 valence electrons. The van der Waals surface area contributed by atoms with Crippen LogP contribution >= 0.6 is 0 Å². The summed E-state index contributed by atoms with van der Waals surface area (Å²) in [6, 6.07) is 10.6. The SMILES string of the molecule is COc1ccc(CNC(=O)NCCC(O)c2ccco2)cc1. The lowest BCUT2D eigenvalue weighted by Gasteiger charge is -2.10. The van der Waals surface area contributed by atoms with Gasteiger partial charge in [0.05, 0.1) is 13.4 Å². The Hall–Kier alpha value is -2.47. The largest absolute Gasteiger partial charge is 0.497 e. The molecule has 22 heavy (non-hydrogen) atoms. The van der Waals surface area contributed by atoms with Gasteiger partial charge in [-0.3, -0.25) is 0 Å². The van der Waals surface area contributed by atoms with E-state index < -0.39 is 6.10 Å². The van der Waals surface area contributed by atoms with Gasteiger partial charge in [0, 0.05) is 13.1 Å². The van der Waals surface area contributed by atoms with Gasteiger partial charge >= 0.3 is 6.03 Å². The maximum Gasteiger partial charge on any atom is 0.315 e. The number of aliphatic hydroxyl groups excluding tert-OH is 1. The van der Waals surface area contributed by atoms with E-state index in [9.17, 15) is 9.90 Å². The fourth-order valence-corrected chi connectivity index (χ4v) is 1.93. The van der Waals surface area contributed by atoms with E-state index in [1.54, 1.807) is 19.2 Å². The third kappa shape index (κ3) is 4.82. The number of amides is 2. The van der Waals surface area contributed by atoms with Crippen LogP contribution in [-0.2, 0) is 6.54 Å². The standard InChI is InChI=1S/C16H20N2O4/c1-21-13-6-4-12(5-7-13)11-18-16(20)17-9-8-14(19)15-3-2-10-22-15/h2-7,10,14,19H,8-9,11H2,1H3,(H2,17,18,20). The molecule has 0 radical (unpaired) electrons. The van der Waals surface area contributed by atoms with Crippen molar-refractivity contribution >= 4 is 6.03 Å². The second-order valence-electron chi connectivity index (χ2n) is 4.78. The Bertz CT molecular complexity index is 566. The van der Waals surface area contributed by atoms with Crippen molar-refractivity contribution in [1.29, 1.82) is 0 Å². The number of hydrogen-bond acceptors (Lipinski definition) is 4. The summed E-state index contributed by atoms with van der Waals surface area (Å²) in [7, 11) is 1.61. The van der Waals surface area contributed by atoms with E-state index in [1.807, 2.05) is 24.3 Å². The topological polar surface area (TPSA) is 83.7 Å². The number of nitrogens with one attached hydrogen (secondary N) is 2. The van der Waals surface area contributed by atoms with Gasteiger partial charge in [-0.05, 0) is 36.2 Å². The average molecular weight is 304 g/mol. The molecule has 6 nitrogen and oxygen atoms in total. The molecule has 2 amide bonds. The highest BCUT2D eigenvalue weighted by molar-refractivity contribution is 5.73. The molecule has 2 rings (SSSR count). The first kappa shape index (κ1) is 15.9. The lowest BCUT2D eigenvalue weighted by atomic mass is 10.2. The molecule has 1 aromatic carbocycles. The van der Waals surface area contributed by atoms with Crippen molar-refractivity contribution in [2.24, 2.45) is 0 Å². The summed E-state index contributed by atoms with van der Waals surface area (Å²) in [5, 5.41) is 15.2. The van der Waals surface area contributed by atoms with Gasteiger partial charge < -0.3 is 24.9 Å². The monoisotopic (exact) mass is 304 g/mol. The number of hydrogen-bond donors (Lipinski definition) is 3. The third-order valence-electron chi connectivity index (χ3n) is 3.19. The number of urea groups is 1. The number of carbonyl (C=O) groups is 1. The van der Waals surface area contributed by atoms with Gasteiger partial charge in [0.1, 0.15) is 17.6 Å². The predicted molar refractivity (Wildman–Crippen MR) is 81.5 cm³/mol. The Morgan fingerprint density at radius 1 is 1.27 bits per heavy atom. The molecule has 0 bridgehead atoms. The van der Waals surface area contributed by atoms with Gasteiger partial charge in [-0.2, -0.15) is 0 Å². The Balaban J connectivity index is 1.65. The molecule has 1 heterocycles. The van der Waals surface area contributed by atoms with Crippen molar-refractivity contribution in [1.82, 2.24) is 10.6 Å². The zero-order valence-corrected chi connectivity index (χ0v) is 12.4. The van der Waals surface area contributed by atoms with Gasteiger partial charge in [-0.25, -0.2) is 4.79 Å². The van der Waals surface area contributed by atoms with Crippen molar-refractivity contribution in [2.45, 2.75) is 19.1 Å². The molecule has 0 aliphatic carbocycles. The average Bonchev–Trinajstić information content (AvgIpc) is 3.08. The molecule has 0 fully saturated rings. The maximum atomic E-state index is 11.7. The minimum absolute atomic E-state index is 0.275. The van der Waals surface area contributed by atoms with Crippen LogP contribution in [0.15, 0.2) is 47.1 Å². The summed E-state index contributed by atoms with van der Waals surface area (Å²) in [6.45, 7) is 0.785. The van der Waals surface area contributed by atoms with Crippen molar-refractivity contribution in [2.75, 3.05) is 13.7 Å². The van der Waals surface area contributed by atoms with Crippen LogP contribution in [0.25, 0.3) is 0 Å². The van der Waals surface area contributed by atoms with E-state index >= 15 is 0 Å². The zero-order chi connectivity index (χ0) is 15.8.